The fraction of sp³-hybridized carbons (Fsp3) is 0.100. The first-order valence-electron chi connectivity index (χ1n) is 4.05. The maximum absolute atomic E-state index is 4.41. The Hall–Kier alpha value is -0.190. The van der Waals surface area contributed by atoms with Crippen molar-refractivity contribution in [2.45, 2.75) is 6.92 Å². The van der Waals surface area contributed by atoms with E-state index >= 15 is 0 Å². The number of thiazole rings is 1. The van der Waals surface area contributed by atoms with Gasteiger partial charge in [0.15, 0.2) is 3.92 Å². The molecule has 72 valence electrons. The number of hydrogen-bond donors (Lipinski definition) is 0. The third-order valence-corrected chi connectivity index (χ3v) is 4.01. The first-order chi connectivity index (χ1) is 6.66. The normalized spacial score (nSPS) is 10.5. The Balaban J connectivity index is 2.54. The molecule has 0 fully saturated rings. The molecule has 0 amide bonds. The molecule has 4 heteroatoms. The van der Waals surface area contributed by atoms with Crippen LogP contribution in [0.4, 0.5) is 0 Å². The van der Waals surface area contributed by atoms with E-state index in [1.165, 1.54) is 5.56 Å². The van der Waals surface area contributed by atoms with Crippen molar-refractivity contribution in [2.24, 2.45) is 0 Å². The van der Waals surface area contributed by atoms with Crippen molar-refractivity contribution in [1.82, 2.24) is 4.98 Å². The number of benzene rings is 1. The van der Waals surface area contributed by atoms with Crippen LogP contribution in [0.5, 0.6) is 0 Å². The maximum atomic E-state index is 4.41. The van der Waals surface area contributed by atoms with Gasteiger partial charge in [-0.3, -0.25) is 0 Å². The minimum atomic E-state index is 0.904. The number of nitrogens with zero attached hydrogens (tertiary/aromatic N) is 1. The topological polar surface area (TPSA) is 12.9 Å². The third-order valence-electron chi connectivity index (χ3n) is 1.85. The number of aromatic nitrogens is 1. The lowest BCUT2D eigenvalue weighted by Crippen LogP contribution is -1.79. The van der Waals surface area contributed by atoms with Crippen LogP contribution >= 0.6 is 43.2 Å². The Morgan fingerprint density at radius 3 is 2.64 bits per heavy atom. The second kappa shape index (κ2) is 4.13. The van der Waals surface area contributed by atoms with Crippen molar-refractivity contribution in [3.63, 3.8) is 0 Å². The highest BCUT2D eigenvalue weighted by molar-refractivity contribution is 9.12. The van der Waals surface area contributed by atoms with E-state index in [1.54, 1.807) is 11.3 Å². The Labute approximate surface area is 103 Å². The lowest BCUT2D eigenvalue weighted by molar-refractivity contribution is 1.35. The van der Waals surface area contributed by atoms with E-state index in [4.69, 9.17) is 0 Å². The molecule has 0 unspecified atom stereocenters. The molecule has 1 heterocycles. The monoisotopic (exact) mass is 331 g/mol. The van der Waals surface area contributed by atoms with E-state index in [0.29, 0.717) is 0 Å². The van der Waals surface area contributed by atoms with Crippen LogP contribution in [-0.4, -0.2) is 4.98 Å². The van der Waals surface area contributed by atoms with E-state index in [2.05, 4.69) is 62.0 Å². The van der Waals surface area contributed by atoms with Crippen molar-refractivity contribution in [1.29, 1.82) is 0 Å². The van der Waals surface area contributed by atoms with Gasteiger partial charge in [0, 0.05) is 5.56 Å². The van der Waals surface area contributed by atoms with Gasteiger partial charge in [-0.1, -0.05) is 35.1 Å². The van der Waals surface area contributed by atoms with Gasteiger partial charge in [-0.25, -0.2) is 4.98 Å². The highest BCUT2D eigenvalue weighted by atomic mass is 79.9. The lowest BCUT2D eigenvalue weighted by Gasteiger charge is -1.98. The standard InChI is InChI=1S/C10H7Br2NS/c1-6-3-2-4-7(5-6)8-9(11)14-10(12)13-8/h2-5H,1H3. The molecule has 0 spiro atoms. The molecule has 2 aromatic rings. The summed E-state index contributed by atoms with van der Waals surface area (Å²) >= 11 is 8.47. The van der Waals surface area contributed by atoms with Gasteiger partial charge in [-0.05, 0) is 44.8 Å². The van der Waals surface area contributed by atoms with Crippen molar-refractivity contribution >= 4 is 43.2 Å². The Bertz CT molecular complexity index is 465. The molecule has 0 aliphatic heterocycles. The van der Waals surface area contributed by atoms with E-state index in [-0.39, 0.29) is 0 Å². The summed E-state index contributed by atoms with van der Waals surface area (Å²) in [7, 11) is 0. The van der Waals surface area contributed by atoms with Gasteiger partial charge in [0.1, 0.15) is 0 Å². The van der Waals surface area contributed by atoms with Gasteiger partial charge >= 0.3 is 0 Å². The molecular weight excluding hydrogens is 326 g/mol. The van der Waals surface area contributed by atoms with Gasteiger partial charge < -0.3 is 0 Å². The fourth-order valence-electron chi connectivity index (χ4n) is 1.25. The van der Waals surface area contributed by atoms with Gasteiger partial charge in [0.05, 0.1) is 9.48 Å². The SMILES string of the molecule is Cc1cccc(-c2nc(Br)sc2Br)c1. The molecule has 0 radical (unpaired) electrons. The summed E-state index contributed by atoms with van der Waals surface area (Å²) in [5.41, 5.74) is 3.41. The molecule has 0 saturated heterocycles. The molecule has 0 saturated carbocycles. The molecule has 1 aromatic heterocycles. The van der Waals surface area contributed by atoms with Gasteiger partial charge in [-0.15, -0.1) is 0 Å². The zero-order valence-corrected chi connectivity index (χ0v) is 11.4. The van der Waals surface area contributed by atoms with Gasteiger partial charge in [0.2, 0.25) is 0 Å². The number of hydrogen-bond acceptors (Lipinski definition) is 2. The summed E-state index contributed by atoms with van der Waals surface area (Å²) in [6.07, 6.45) is 0. The Kier molecular flexibility index (Phi) is 3.04. The molecule has 0 aliphatic carbocycles. The summed E-state index contributed by atoms with van der Waals surface area (Å²) in [6, 6.07) is 8.33. The molecular formula is C10H7Br2NS. The summed E-state index contributed by atoms with van der Waals surface area (Å²) in [4.78, 5) is 4.41. The predicted octanol–water partition coefficient (Wildman–Crippen LogP) is 4.64. The Morgan fingerprint density at radius 2 is 2.07 bits per heavy atom. The minimum absolute atomic E-state index is 0.904. The lowest BCUT2D eigenvalue weighted by atomic mass is 10.1. The molecule has 0 aliphatic rings. The molecule has 2 rings (SSSR count). The number of aryl methyl sites for hydroxylation is 1. The van der Waals surface area contributed by atoms with Crippen LogP contribution in [0.15, 0.2) is 32.0 Å². The summed E-state index contributed by atoms with van der Waals surface area (Å²) < 4.78 is 1.97. The average Bonchev–Trinajstić information content (AvgIpc) is 2.45. The molecule has 1 aromatic carbocycles. The van der Waals surface area contributed by atoms with E-state index in [9.17, 15) is 0 Å². The first kappa shape index (κ1) is 10.3. The first-order valence-corrected chi connectivity index (χ1v) is 6.46. The molecule has 1 nitrogen and oxygen atoms in total. The Morgan fingerprint density at radius 1 is 1.29 bits per heavy atom. The van der Waals surface area contributed by atoms with Gasteiger partial charge in [-0.2, -0.15) is 0 Å². The highest BCUT2D eigenvalue weighted by Crippen LogP contribution is 2.35. The van der Waals surface area contributed by atoms with Crippen molar-refractivity contribution < 1.29 is 0 Å². The fourth-order valence-corrected chi connectivity index (χ4v) is 3.88. The molecule has 0 bridgehead atoms. The minimum Gasteiger partial charge on any atom is -0.228 e. The van der Waals surface area contributed by atoms with Crippen molar-refractivity contribution in [2.75, 3.05) is 0 Å². The molecule has 0 atom stereocenters. The second-order valence-corrected chi connectivity index (χ2v) is 6.55. The molecule has 0 N–H and O–H groups in total. The van der Waals surface area contributed by atoms with Crippen LogP contribution in [0.2, 0.25) is 0 Å². The van der Waals surface area contributed by atoms with E-state index < -0.39 is 0 Å². The van der Waals surface area contributed by atoms with Crippen molar-refractivity contribution in [3.05, 3.63) is 37.5 Å². The second-order valence-electron chi connectivity index (χ2n) is 2.96. The third kappa shape index (κ3) is 2.07. The summed E-state index contributed by atoms with van der Waals surface area (Å²) in [5, 5.41) is 0. The van der Waals surface area contributed by atoms with Crippen LogP contribution in [0.3, 0.4) is 0 Å². The van der Waals surface area contributed by atoms with Crippen LogP contribution in [0.25, 0.3) is 11.3 Å². The zero-order chi connectivity index (χ0) is 10.1. The quantitative estimate of drug-likeness (QED) is 0.741. The smallest absolute Gasteiger partial charge is 0.160 e. The highest BCUT2D eigenvalue weighted by Gasteiger charge is 2.08. The van der Waals surface area contributed by atoms with Crippen LogP contribution in [0, 0.1) is 6.92 Å². The summed E-state index contributed by atoms with van der Waals surface area (Å²) in [5.74, 6) is 0. The molecule has 14 heavy (non-hydrogen) atoms. The van der Waals surface area contributed by atoms with E-state index in [0.717, 1.165) is 19.0 Å². The predicted molar refractivity (Wildman–Crippen MR) is 67.7 cm³/mol. The van der Waals surface area contributed by atoms with E-state index in [1.807, 2.05) is 6.07 Å². The average molecular weight is 333 g/mol. The van der Waals surface area contributed by atoms with Crippen LogP contribution in [-0.2, 0) is 0 Å². The van der Waals surface area contributed by atoms with Gasteiger partial charge in [0.25, 0.3) is 0 Å². The van der Waals surface area contributed by atoms with Crippen molar-refractivity contribution in [3.8, 4) is 11.3 Å². The largest absolute Gasteiger partial charge is 0.228 e. The number of rotatable bonds is 1. The van der Waals surface area contributed by atoms with Crippen LogP contribution in [0.1, 0.15) is 5.56 Å². The van der Waals surface area contributed by atoms with Crippen LogP contribution < -0.4 is 0 Å². The zero-order valence-electron chi connectivity index (χ0n) is 7.42. The number of halogens is 2. The maximum Gasteiger partial charge on any atom is 0.160 e. The summed E-state index contributed by atoms with van der Waals surface area (Å²) in [6.45, 7) is 2.08.